The van der Waals surface area contributed by atoms with Gasteiger partial charge in [0, 0.05) is 5.69 Å². The summed E-state index contributed by atoms with van der Waals surface area (Å²) in [5, 5.41) is 9.50. The van der Waals surface area contributed by atoms with Crippen molar-refractivity contribution < 1.29 is 9.90 Å². The monoisotopic (exact) mass is 270 g/mol. The van der Waals surface area contributed by atoms with Crippen molar-refractivity contribution in [2.24, 2.45) is 0 Å². The lowest BCUT2D eigenvalue weighted by Gasteiger charge is -2.14. The first kappa shape index (κ1) is 14.2. The maximum atomic E-state index is 11.6. The van der Waals surface area contributed by atoms with Crippen LogP contribution in [-0.4, -0.2) is 21.0 Å². The van der Waals surface area contributed by atoms with Crippen LogP contribution < -0.4 is 0 Å². The van der Waals surface area contributed by atoms with E-state index < -0.39 is 11.9 Å². The average Bonchev–Trinajstić information content (AvgIpc) is 2.36. The predicted octanol–water partition coefficient (Wildman–Crippen LogP) is 2.81. The lowest BCUT2D eigenvalue weighted by Crippen LogP contribution is -2.17. The zero-order valence-corrected chi connectivity index (χ0v) is 11.9. The number of benzene rings is 1. The van der Waals surface area contributed by atoms with Gasteiger partial charge >= 0.3 is 5.97 Å². The van der Waals surface area contributed by atoms with Gasteiger partial charge in [-0.15, -0.1) is 0 Å². The number of hydrogen-bond acceptors (Lipinski definition) is 3. The molecule has 4 heteroatoms. The molecule has 0 aliphatic heterocycles. The number of aliphatic carboxylic acids is 1. The second-order valence-corrected chi connectivity index (χ2v) is 5.00. The Balaban J connectivity index is 2.37. The maximum absolute atomic E-state index is 11.6. The summed E-state index contributed by atoms with van der Waals surface area (Å²) in [5.41, 5.74) is 3.50. The van der Waals surface area contributed by atoms with Crippen LogP contribution >= 0.6 is 0 Å². The lowest BCUT2D eigenvalue weighted by molar-refractivity contribution is -0.138. The van der Waals surface area contributed by atoms with E-state index in [1.807, 2.05) is 38.1 Å². The van der Waals surface area contributed by atoms with Crippen molar-refractivity contribution in [2.45, 2.75) is 33.1 Å². The molecule has 1 heterocycles. The summed E-state index contributed by atoms with van der Waals surface area (Å²) >= 11 is 0. The highest BCUT2D eigenvalue weighted by atomic mass is 16.4. The number of aromatic nitrogens is 2. The molecule has 4 nitrogen and oxygen atoms in total. The number of carboxylic acid groups (broad SMARTS) is 1. The second kappa shape index (κ2) is 5.82. The van der Waals surface area contributed by atoms with E-state index in [-0.39, 0.29) is 0 Å². The highest BCUT2D eigenvalue weighted by molar-refractivity contribution is 5.76. The fourth-order valence-electron chi connectivity index (χ4n) is 2.30. The fourth-order valence-corrected chi connectivity index (χ4v) is 2.30. The van der Waals surface area contributed by atoms with Gasteiger partial charge in [0.1, 0.15) is 11.7 Å². The predicted molar refractivity (Wildman–Crippen MR) is 76.8 cm³/mol. The molecule has 20 heavy (non-hydrogen) atoms. The Bertz CT molecular complexity index is 618. The molecule has 1 aromatic heterocycles. The summed E-state index contributed by atoms with van der Waals surface area (Å²) < 4.78 is 0. The van der Waals surface area contributed by atoms with Gasteiger partial charge in [-0.25, -0.2) is 9.97 Å². The summed E-state index contributed by atoms with van der Waals surface area (Å²) in [6, 6.07) is 9.59. The minimum absolute atomic E-state index is 0.442. The summed E-state index contributed by atoms with van der Waals surface area (Å²) in [7, 11) is 0. The molecular weight excluding hydrogens is 252 g/mol. The Morgan fingerprint density at radius 2 is 1.90 bits per heavy atom. The van der Waals surface area contributed by atoms with E-state index in [0.29, 0.717) is 17.9 Å². The molecule has 0 aliphatic rings. The van der Waals surface area contributed by atoms with Crippen LogP contribution in [-0.2, 0) is 11.2 Å². The molecule has 0 aliphatic carbocycles. The molecular formula is C16H18N2O2. The Hall–Kier alpha value is -2.23. The minimum Gasteiger partial charge on any atom is -0.481 e. The average molecular weight is 270 g/mol. The highest BCUT2D eigenvalue weighted by Gasteiger charge is 2.23. The summed E-state index contributed by atoms with van der Waals surface area (Å²) in [6.45, 7) is 5.62. The Morgan fingerprint density at radius 3 is 2.50 bits per heavy atom. The zero-order chi connectivity index (χ0) is 14.7. The standard InChI is InChI=1S/C16H18N2O2/c1-10-6-4-5-7-13(10)9-14(16(19)20)15-8-11(2)17-12(3)18-15/h4-8,14H,9H2,1-3H3,(H,19,20). The Morgan fingerprint density at radius 1 is 1.20 bits per heavy atom. The van der Waals surface area contributed by atoms with Crippen LogP contribution in [0.5, 0.6) is 0 Å². The van der Waals surface area contributed by atoms with E-state index >= 15 is 0 Å². The van der Waals surface area contributed by atoms with Crippen LogP contribution in [0.3, 0.4) is 0 Å². The molecule has 1 unspecified atom stereocenters. The van der Waals surface area contributed by atoms with Gasteiger partial charge in [-0.3, -0.25) is 4.79 Å². The van der Waals surface area contributed by atoms with E-state index in [4.69, 9.17) is 0 Å². The van der Waals surface area contributed by atoms with Crippen LogP contribution in [0, 0.1) is 20.8 Å². The second-order valence-electron chi connectivity index (χ2n) is 5.00. The van der Waals surface area contributed by atoms with E-state index in [1.54, 1.807) is 13.0 Å². The molecule has 0 amide bonds. The molecule has 0 saturated carbocycles. The number of nitrogens with zero attached hydrogens (tertiary/aromatic N) is 2. The highest BCUT2D eigenvalue weighted by Crippen LogP contribution is 2.22. The molecule has 2 rings (SSSR count). The molecule has 104 valence electrons. The third kappa shape index (κ3) is 3.20. The van der Waals surface area contributed by atoms with Crippen LogP contribution in [0.1, 0.15) is 34.3 Å². The number of carboxylic acids is 1. The first-order valence-corrected chi connectivity index (χ1v) is 6.57. The third-order valence-corrected chi connectivity index (χ3v) is 3.33. The van der Waals surface area contributed by atoms with Gasteiger partial charge in [0.05, 0.1) is 5.69 Å². The molecule has 0 saturated heterocycles. The molecule has 0 fully saturated rings. The number of carbonyl (C=O) groups is 1. The smallest absolute Gasteiger partial charge is 0.312 e. The van der Waals surface area contributed by atoms with Crippen molar-refractivity contribution in [3.63, 3.8) is 0 Å². The molecule has 0 radical (unpaired) electrons. The van der Waals surface area contributed by atoms with Crippen LogP contribution in [0.2, 0.25) is 0 Å². The molecule has 0 bridgehead atoms. The molecule has 1 atom stereocenters. The topological polar surface area (TPSA) is 63.1 Å². The largest absolute Gasteiger partial charge is 0.481 e. The molecule has 0 spiro atoms. The van der Waals surface area contributed by atoms with Gasteiger partial charge < -0.3 is 5.11 Å². The third-order valence-electron chi connectivity index (χ3n) is 3.33. The van der Waals surface area contributed by atoms with Gasteiger partial charge in [0.2, 0.25) is 0 Å². The lowest BCUT2D eigenvalue weighted by atomic mass is 9.93. The van der Waals surface area contributed by atoms with Gasteiger partial charge in [0.15, 0.2) is 0 Å². The van der Waals surface area contributed by atoms with E-state index in [0.717, 1.165) is 16.8 Å². The Kier molecular flexibility index (Phi) is 4.13. The van der Waals surface area contributed by atoms with Gasteiger partial charge in [0.25, 0.3) is 0 Å². The van der Waals surface area contributed by atoms with Crippen LogP contribution in [0.4, 0.5) is 0 Å². The molecule has 1 aromatic carbocycles. The number of aryl methyl sites for hydroxylation is 3. The summed E-state index contributed by atoms with van der Waals surface area (Å²) in [4.78, 5) is 20.1. The minimum atomic E-state index is -0.856. The van der Waals surface area contributed by atoms with Crippen molar-refractivity contribution in [2.75, 3.05) is 0 Å². The normalized spacial score (nSPS) is 12.2. The van der Waals surface area contributed by atoms with Crippen molar-refractivity contribution in [3.8, 4) is 0 Å². The fraction of sp³-hybridized carbons (Fsp3) is 0.312. The van der Waals surface area contributed by atoms with Crippen molar-refractivity contribution >= 4 is 5.97 Å². The Labute approximate surface area is 118 Å². The maximum Gasteiger partial charge on any atom is 0.312 e. The molecule has 2 aromatic rings. The number of rotatable bonds is 4. The first-order valence-electron chi connectivity index (χ1n) is 6.57. The zero-order valence-electron chi connectivity index (χ0n) is 11.9. The van der Waals surface area contributed by atoms with Crippen molar-refractivity contribution in [3.05, 3.63) is 58.7 Å². The van der Waals surface area contributed by atoms with Crippen LogP contribution in [0.25, 0.3) is 0 Å². The summed E-state index contributed by atoms with van der Waals surface area (Å²) in [6.07, 6.45) is 0.442. The summed E-state index contributed by atoms with van der Waals surface area (Å²) in [5.74, 6) is -0.890. The molecule has 1 N–H and O–H groups in total. The SMILES string of the molecule is Cc1cc(C(Cc2ccccc2C)C(=O)O)nc(C)n1. The quantitative estimate of drug-likeness (QED) is 0.928. The van der Waals surface area contributed by atoms with E-state index in [9.17, 15) is 9.90 Å². The van der Waals surface area contributed by atoms with Crippen LogP contribution in [0.15, 0.2) is 30.3 Å². The number of hydrogen-bond donors (Lipinski definition) is 1. The van der Waals surface area contributed by atoms with Gasteiger partial charge in [-0.2, -0.15) is 0 Å². The van der Waals surface area contributed by atoms with E-state index in [1.165, 1.54) is 0 Å². The first-order chi connectivity index (χ1) is 9.47. The van der Waals surface area contributed by atoms with Crippen molar-refractivity contribution in [1.29, 1.82) is 0 Å². The van der Waals surface area contributed by atoms with Crippen molar-refractivity contribution in [1.82, 2.24) is 9.97 Å². The van der Waals surface area contributed by atoms with E-state index in [2.05, 4.69) is 9.97 Å². The van der Waals surface area contributed by atoms with Gasteiger partial charge in [-0.05, 0) is 44.4 Å². The van der Waals surface area contributed by atoms with Gasteiger partial charge in [-0.1, -0.05) is 24.3 Å².